The number of para-hydroxylation sites is 1. The van der Waals surface area contributed by atoms with Gasteiger partial charge in [0.15, 0.2) is 5.82 Å². The summed E-state index contributed by atoms with van der Waals surface area (Å²) in [4.78, 5) is 18.6. The van der Waals surface area contributed by atoms with Crippen molar-refractivity contribution < 1.29 is 4.57 Å². The number of rotatable bonds is 6. The van der Waals surface area contributed by atoms with Gasteiger partial charge in [-0.15, -0.1) is 0 Å². The molecule has 6 heteroatoms. The Morgan fingerprint density at radius 3 is 2.16 bits per heavy atom. The van der Waals surface area contributed by atoms with Gasteiger partial charge in [-0.25, -0.2) is 15.0 Å². The first-order valence-electron chi connectivity index (χ1n) is 25.5. The highest BCUT2D eigenvalue weighted by Gasteiger charge is 2.57. The molecule has 5 nitrogen and oxygen atoms in total. The average molecular weight is 865 g/mol. The molecule has 328 valence electrons. The van der Waals surface area contributed by atoms with Gasteiger partial charge in [0.25, 0.3) is 0 Å². The van der Waals surface area contributed by atoms with Gasteiger partial charge in [-0.3, -0.25) is 0 Å². The Hall–Kier alpha value is -4.60. The van der Waals surface area contributed by atoms with Crippen LogP contribution in [0, 0.1) is 23.7 Å². The summed E-state index contributed by atoms with van der Waals surface area (Å²) in [6.07, 6.45) is 37.7. The van der Waals surface area contributed by atoms with Crippen LogP contribution in [0.25, 0.3) is 16.7 Å². The molecule has 6 aliphatic carbocycles. The Balaban J connectivity index is 0.927. The van der Waals surface area contributed by atoms with Gasteiger partial charge >= 0.3 is 0 Å². The molecule has 1 aromatic heterocycles. The minimum atomic E-state index is -2.98. The fraction of sp³-hybridized carbons (Fsp3) is 0.466. The minimum Gasteiger partial charge on any atom is -0.337 e. The van der Waals surface area contributed by atoms with Crippen LogP contribution in [0.4, 0.5) is 11.4 Å². The molecule has 2 aliphatic heterocycles. The summed E-state index contributed by atoms with van der Waals surface area (Å²) in [6.45, 7) is 0. The molecule has 0 amide bonds. The van der Waals surface area contributed by atoms with E-state index in [1.807, 2.05) is 0 Å². The lowest BCUT2D eigenvalue weighted by atomic mass is 9.74. The molecule has 4 aromatic rings. The Morgan fingerprint density at radius 2 is 1.28 bits per heavy atom. The van der Waals surface area contributed by atoms with Gasteiger partial charge in [-0.2, -0.15) is 0 Å². The predicted molar refractivity (Wildman–Crippen MR) is 263 cm³/mol. The van der Waals surface area contributed by atoms with Crippen LogP contribution in [0.15, 0.2) is 132 Å². The lowest BCUT2D eigenvalue weighted by Gasteiger charge is -2.41. The predicted octanol–water partition coefficient (Wildman–Crippen LogP) is 15.6. The maximum absolute atomic E-state index is 16.9. The molecule has 0 N–H and O–H groups in total. The van der Waals surface area contributed by atoms with E-state index < -0.39 is 7.14 Å². The SMILES string of the molecule is O=P1(C2=CC3C=CC=CC3C=C2)C2=C(C3CCCCCC3N(c3cccc(C4CCCC(c5nc(-c6ccccc6)nc(C6CCCCC6)n5)C4)c3)c3ccccc32)C2CCCCC21. The van der Waals surface area contributed by atoms with E-state index in [1.54, 1.807) is 5.57 Å². The van der Waals surface area contributed by atoms with Crippen molar-refractivity contribution in [2.45, 2.75) is 145 Å². The first-order valence-corrected chi connectivity index (χ1v) is 27.3. The number of fused-ring (bicyclic) bond motifs is 7. The zero-order valence-electron chi connectivity index (χ0n) is 37.6. The normalized spacial score (nSPS) is 32.4. The van der Waals surface area contributed by atoms with Crippen LogP contribution in [-0.2, 0) is 4.57 Å². The minimum absolute atomic E-state index is 0.222. The van der Waals surface area contributed by atoms with Gasteiger partial charge in [0.1, 0.15) is 18.8 Å². The van der Waals surface area contributed by atoms with Crippen LogP contribution in [0.1, 0.15) is 156 Å². The zero-order chi connectivity index (χ0) is 42.6. The number of hydrogen-bond donors (Lipinski definition) is 0. The van der Waals surface area contributed by atoms with Crippen molar-refractivity contribution in [1.82, 2.24) is 15.0 Å². The standard InChI is InChI=1S/C58H65N4OP/c63-64(47-35-34-39-18-10-11-23-44(39)38-47)53-33-15-13-30-50(53)54-48-28-8-3-9-31-51(48)62(52-32-14-12-29-49(52)55(54)64)46-27-17-25-43(37-46)42-24-16-26-45(36-42)58-60-56(40-19-4-1-5-20-40)59-57(61-58)41-21-6-2-7-22-41/h1,4-5,10-12,14,17-20,23,25,27,29,32,34-35,37-39,41-42,44-45,48,50-51,53H,2-3,6-9,13,15-16,21-22,24,26,28,30-31,33,36H2. The Labute approximate surface area is 381 Å². The summed E-state index contributed by atoms with van der Waals surface area (Å²) in [5, 5.41) is 2.41. The van der Waals surface area contributed by atoms with E-state index in [0.717, 1.165) is 47.6 Å². The number of allylic oxidation sites excluding steroid dienone is 8. The molecule has 3 heterocycles. The van der Waals surface area contributed by atoms with E-state index in [0.29, 0.717) is 41.5 Å². The number of anilines is 2. The number of hydrogen-bond acceptors (Lipinski definition) is 5. The fourth-order valence-electron chi connectivity index (χ4n) is 14.1. The van der Waals surface area contributed by atoms with Crippen LogP contribution < -0.4 is 4.90 Å². The fourth-order valence-corrected chi connectivity index (χ4v) is 18.4. The van der Waals surface area contributed by atoms with Crippen molar-refractivity contribution in [2.24, 2.45) is 23.7 Å². The molecule has 12 rings (SSSR count). The molecule has 9 atom stereocenters. The van der Waals surface area contributed by atoms with Crippen molar-refractivity contribution in [3.8, 4) is 11.4 Å². The summed E-state index contributed by atoms with van der Waals surface area (Å²) in [5.41, 5.74) is 8.20. The third-order valence-electron chi connectivity index (χ3n) is 17.1. The lowest BCUT2D eigenvalue weighted by Crippen LogP contribution is -2.39. The molecule has 0 bridgehead atoms. The highest BCUT2D eigenvalue weighted by atomic mass is 31.2. The topological polar surface area (TPSA) is 59.0 Å². The summed E-state index contributed by atoms with van der Waals surface area (Å²) in [6, 6.07) is 29.9. The monoisotopic (exact) mass is 864 g/mol. The van der Waals surface area contributed by atoms with Crippen molar-refractivity contribution >= 4 is 23.8 Å². The van der Waals surface area contributed by atoms with Crippen molar-refractivity contribution in [1.29, 1.82) is 0 Å². The van der Waals surface area contributed by atoms with Gasteiger partial charge in [-0.1, -0.05) is 161 Å². The summed E-state index contributed by atoms with van der Waals surface area (Å²) < 4.78 is 16.9. The maximum Gasteiger partial charge on any atom is 0.163 e. The van der Waals surface area contributed by atoms with E-state index in [9.17, 15) is 0 Å². The van der Waals surface area contributed by atoms with Gasteiger partial charge in [-0.05, 0) is 99.0 Å². The van der Waals surface area contributed by atoms with E-state index in [2.05, 4.69) is 126 Å². The first kappa shape index (κ1) is 40.9. The molecule has 4 saturated carbocycles. The second-order valence-corrected chi connectivity index (χ2v) is 23.7. The molecular formula is C58H65N4OP. The van der Waals surface area contributed by atoms with Crippen LogP contribution >= 0.6 is 7.14 Å². The van der Waals surface area contributed by atoms with Crippen LogP contribution in [0.5, 0.6) is 0 Å². The van der Waals surface area contributed by atoms with Gasteiger partial charge in [0, 0.05) is 74.4 Å². The van der Waals surface area contributed by atoms with E-state index in [1.165, 1.54) is 124 Å². The smallest absolute Gasteiger partial charge is 0.163 e. The summed E-state index contributed by atoms with van der Waals surface area (Å²) in [7, 11) is -2.98. The second-order valence-electron chi connectivity index (χ2n) is 20.7. The summed E-state index contributed by atoms with van der Waals surface area (Å²) in [5.74, 6) is 5.50. The molecule has 0 spiro atoms. The van der Waals surface area contributed by atoms with Crippen molar-refractivity contribution in [3.63, 3.8) is 0 Å². The number of nitrogens with zero attached hydrogens (tertiary/aromatic N) is 4. The third-order valence-corrected chi connectivity index (χ3v) is 20.9. The third kappa shape index (κ3) is 7.19. The number of aromatic nitrogens is 3. The molecular weight excluding hydrogens is 800 g/mol. The highest BCUT2D eigenvalue weighted by Crippen LogP contribution is 2.80. The molecule has 9 unspecified atom stereocenters. The molecule has 0 radical (unpaired) electrons. The Bertz CT molecular complexity index is 2600. The second kappa shape index (κ2) is 17.3. The maximum atomic E-state index is 16.9. The van der Waals surface area contributed by atoms with Gasteiger partial charge < -0.3 is 9.46 Å². The van der Waals surface area contributed by atoms with E-state index in [4.69, 9.17) is 15.0 Å². The molecule has 3 aromatic carbocycles. The first-order chi connectivity index (χ1) is 31.6. The van der Waals surface area contributed by atoms with E-state index in [-0.39, 0.29) is 11.6 Å². The largest absolute Gasteiger partial charge is 0.337 e. The quantitative estimate of drug-likeness (QED) is 0.181. The van der Waals surface area contributed by atoms with Crippen LogP contribution in [-0.4, -0.2) is 26.7 Å². The van der Waals surface area contributed by atoms with Gasteiger partial charge in [0.2, 0.25) is 0 Å². The van der Waals surface area contributed by atoms with Crippen molar-refractivity contribution in [3.05, 3.63) is 155 Å². The Morgan fingerprint density at radius 1 is 0.578 bits per heavy atom. The van der Waals surface area contributed by atoms with E-state index >= 15 is 4.57 Å². The Kier molecular flexibility index (Phi) is 11.1. The number of benzene rings is 3. The van der Waals surface area contributed by atoms with Crippen LogP contribution in [0.3, 0.4) is 0 Å². The molecule has 64 heavy (non-hydrogen) atoms. The lowest BCUT2D eigenvalue weighted by molar-refractivity contribution is 0.350. The average Bonchev–Trinajstić information content (AvgIpc) is 3.48. The van der Waals surface area contributed by atoms with Gasteiger partial charge in [0.05, 0.1) is 0 Å². The molecule has 4 fully saturated rings. The highest BCUT2D eigenvalue weighted by molar-refractivity contribution is 7.79. The zero-order valence-corrected chi connectivity index (χ0v) is 38.5. The van der Waals surface area contributed by atoms with Crippen molar-refractivity contribution in [2.75, 3.05) is 4.90 Å². The summed E-state index contributed by atoms with van der Waals surface area (Å²) >= 11 is 0. The molecule has 0 saturated heterocycles. The molecule has 8 aliphatic rings. The van der Waals surface area contributed by atoms with Crippen LogP contribution in [0.2, 0.25) is 0 Å².